The van der Waals surface area contributed by atoms with Crippen molar-refractivity contribution in [2.75, 3.05) is 11.9 Å². The molecule has 1 amide bonds. The van der Waals surface area contributed by atoms with E-state index in [-0.39, 0.29) is 18.3 Å². The van der Waals surface area contributed by atoms with Gasteiger partial charge in [0.05, 0.1) is 15.7 Å². The second-order valence-electron chi connectivity index (χ2n) is 6.21. The van der Waals surface area contributed by atoms with Gasteiger partial charge in [-0.1, -0.05) is 59.1 Å². The molecule has 0 aliphatic rings. The van der Waals surface area contributed by atoms with Crippen LogP contribution in [0.1, 0.15) is 15.9 Å². The van der Waals surface area contributed by atoms with Gasteiger partial charge in [-0.15, -0.1) is 0 Å². The summed E-state index contributed by atoms with van der Waals surface area (Å²) >= 11 is 17.9. The van der Waals surface area contributed by atoms with E-state index in [0.717, 1.165) is 5.56 Å². The minimum atomic E-state index is -0.387. The third kappa shape index (κ3) is 6.10. The van der Waals surface area contributed by atoms with Crippen LogP contribution >= 0.6 is 34.8 Å². The quantitative estimate of drug-likeness (QED) is 0.321. The van der Waals surface area contributed by atoms with Crippen molar-refractivity contribution in [1.82, 2.24) is 0 Å². The molecular weight excluding hydrogens is 445 g/mol. The molecule has 0 aromatic heterocycles. The Morgan fingerprint density at radius 2 is 1.50 bits per heavy atom. The maximum Gasteiger partial charge on any atom is 0.262 e. The van der Waals surface area contributed by atoms with Crippen molar-refractivity contribution in [3.63, 3.8) is 0 Å². The number of carbonyl (C=O) groups excluding carboxylic acids is 2. The molecule has 3 aromatic carbocycles. The number of carbonyl (C=O) groups is 2. The first-order valence-electron chi connectivity index (χ1n) is 8.87. The van der Waals surface area contributed by atoms with Crippen LogP contribution in [0.15, 0.2) is 72.8 Å². The van der Waals surface area contributed by atoms with E-state index >= 15 is 0 Å². The molecule has 3 aromatic rings. The van der Waals surface area contributed by atoms with Gasteiger partial charge in [0.15, 0.2) is 12.4 Å². The summed E-state index contributed by atoms with van der Waals surface area (Å²) in [5, 5.41) is 3.90. The Bertz CT molecular complexity index is 1060. The van der Waals surface area contributed by atoms with Crippen LogP contribution in [0, 0.1) is 0 Å². The first-order valence-corrected chi connectivity index (χ1v) is 10.0. The molecule has 7 heteroatoms. The minimum Gasteiger partial charge on any atom is -0.484 e. The van der Waals surface area contributed by atoms with E-state index in [9.17, 15) is 9.59 Å². The molecule has 0 aliphatic carbocycles. The molecule has 0 unspecified atom stereocenters. The number of halogens is 3. The average molecular weight is 461 g/mol. The number of rotatable bonds is 7. The average Bonchev–Trinajstić information content (AvgIpc) is 2.74. The lowest BCUT2D eigenvalue weighted by atomic mass is 10.1. The topological polar surface area (TPSA) is 55.4 Å². The summed E-state index contributed by atoms with van der Waals surface area (Å²) in [5.41, 5.74) is 1.72. The van der Waals surface area contributed by atoms with E-state index in [2.05, 4.69) is 5.32 Å². The molecule has 0 saturated carbocycles. The molecular formula is C23H16Cl3NO3. The molecule has 0 spiro atoms. The van der Waals surface area contributed by atoms with Gasteiger partial charge in [0, 0.05) is 10.6 Å². The summed E-state index contributed by atoms with van der Waals surface area (Å²) in [6.45, 7) is -0.203. The highest BCUT2D eigenvalue weighted by Crippen LogP contribution is 2.29. The van der Waals surface area contributed by atoms with Gasteiger partial charge in [-0.05, 0) is 60.2 Å². The number of nitrogens with one attached hydrogen (secondary N) is 1. The van der Waals surface area contributed by atoms with E-state index < -0.39 is 0 Å². The SMILES string of the molecule is O=C(COc1ccc(C=CC(=O)c2ccc(Cl)cc2)cc1)Nc1c(Cl)cccc1Cl. The monoisotopic (exact) mass is 459 g/mol. The zero-order valence-corrected chi connectivity index (χ0v) is 17.8. The summed E-state index contributed by atoms with van der Waals surface area (Å²) < 4.78 is 5.48. The molecule has 0 atom stereocenters. The van der Waals surface area contributed by atoms with E-state index in [4.69, 9.17) is 39.5 Å². The molecule has 0 radical (unpaired) electrons. The summed E-state index contributed by atoms with van der Waals surface area (Å²) in [6, 6.07) is 18.6. The molecule has 152 valence electrons. The van der Waals surface area contributed by atoms with Crippen molar-refractivity contribution in [2.24, 2.45) is 0 Å². The number of anilines is 1. The summed E-state index contributed by atoms with van der Waals surface area (Å²) in [7, 11) is 0. The lowest BCUT2D eigenvalue weighted by Gasteiger charge is -2.10. The maximum absolute atomic E-state index is 12.2. The van der Waals surface area contributed by atoms with Crippen LogP contribution in [0.5, 0.6) is 5.75 Å². The Morgan fingerprint density at radius 1 is 0.867 bits per heavy atom. The third-order valence-electron chi connectivity index (χ3n) is 4.03. The Kier molecular flexibility index (Phi) is 7.52. The second kappa shape index (κ2) is 10.3. The van der Waals surface area contributed by atoms with Crippen LogP contribution in [0.3, 0.4) is 0 Å². The number of hydrogen-bond acceptors (Lipinski definition) is 3. The molecule has 0 saturated heterocycles. The molecule has 0 heterocycles. The van der Waals surface area contributed by atoms with Crippen LogP contribution in [0.2, 0.25) is 15.1 Å². The van der Waals surface area contributed by atoms with Gasteiger partial charge >= 0.3 is 0 Å². The maximum atomic E-state index is 12.2. The lowest BCUT2D eigenvalue weighted by Crippen LogP contribution is -2.20. The second-order valence-corrected chi connectivity index (χ2v) is 7.46. The van der Waals surface area contributed by atoms with Crippen molar-refractivity contribution in [3.05, 3.63) is 99.0 Å². The van der Waals surface area contributed by atoms with Crippen LogP contribution in [-0.2, 0) is 4.79 Å². The molecule has 4 nitrogen and oxygen atoms in total. The number of hydrogen-bond donors (Lipinski definition) is 1. The lowest BCUT2D eigenvalue weighted by molar-refractivity contribution is -0.118. The minimum absolute atomic E-state index is 0.123. The van der Waals surface area contributed by atoms with Crippen molar-refractivity contribution < 1.29 is 14.3 Å². The largest absolute Gasteiger partial charge is 0.484 e. The number of ketones is 1. The summed E-state index contributed by atoms with van der Waals surface area (Å²) in [6.07, 6.45) is 3.19. The molecule has 0 bridgehead atoms. The molecule has 3 rings (SSSR count). The predicted molar refractivity (Wildman–Crippen MR) is 122 cm³/mol. The summed E-state index contributed by atoms with van der Waals surface area (Å²) in [5.74, 6) is 0.000940. The van der Waals surface area contributed by atoms with E-state index in [1.165, 1.54) is 6.08 Å². The van der Waals surface area contributed by atoms with Crippen LogP contribution in [0.4, 0.5) is 5.69 Å². The van der Waals surface area contributed by atoms with Gasteiger partial charge in [0.2, 0.25) is 0 Å². The van der Waals surface area contributed by atoms with Gasteiger partial charge in [-0.25, -0.2) is 0 Å². The zero-order chi connectivity index (χ0) is 21.5. The number of amides is 1. The zero-order valence-electron chi connectivity index (χ0n) is 15.6. The smallest absolute Gasteiger partial charge is 0.262 e. The molecule has 30 heavy (non-hydrogen) atoms. The van der Waals surface area contributed by atoms with Crippen molar-refractivity contribution in [2.45, 2.75) is 0 Å². The predicted octanol–water partition coefficient (Wildman–Crippen LogP) is 6.56. The Hall–Kier alpha value is -2.79. The third-order valence-corrected chi connectivity index (χ3v) is 4.92. The van der Waals surface area contributed by atoms with E-state index in [0.29, 0.717) is 32.1 Å². The van der Waals surface area contributed by atoms with Crippen molar-refractivity contribution in [3.8, 4) is 5.75 Å². The van der Waals surface area contributed by atoms with E-state index in [1.54, 1.807) is 72.8 Å². The van der Waals surface area contributed by atoms with Gasteiger partial charge in [-0.3, -0.25) is 9.59 Å². The molecule has 1 N–H and O–H groups in total. The number of ether oxygens (including phenoxy) is 1. The Morgan fingerprint density at radius 3 is 2.13 bits per heavy atom. The summed E-state index contributed by atoms with van der Waals surface area (Å²) in [4.78, 5) is 24.2. The number of allylic oxidation sites excluding steroid dienone is 1. The van der Waals surface area contributed by atoms with Crippen LogP contribution in [0.25, 0.3) is 6.08 Å². The standard InChI is InChI=1S/C23H16Cl3NO3/c24-17-9-7-16(8-10-17)21(28)13-6-15-4-11-18(12-5-15)30-14-22(29)27-23-19(25)2-1-3-20(23)26/h1-13H,14H2,(H,27,29). The van der Waals surface area contributed by atoms with Crippen LogP contribution < -0.4 is 10.1 Å². The normalized spacial score (nSPS) is 10.8. The fourth-order valence-corrected chi connectivity index (χ4v) is 3.12. The van der Waals surface area contributed by atoms with Gasteiger partial charge < -0.3 is 10.1 Å². The van der Waals surface area contributed by atoms with Crippen LogP contribution in [-0.4, -0.2) is 18.3 Å². The number of benzene rings is 3. The fourth-order valence-electron chi connectivity index (χ4n) is 2.50. The first-order chi connectivity index (χ1) is 14.4. The van der Waals surface area contributed by atoms with Gasteiger partial charge in [0.1, 0.15) is 5.75 Å². The first kappa shape index (κ1) is 21.9. The van der Waals surface area contributed by atoms with E-state index in [1.807, 2.05) is 0 Å². The Balaban J connectivity index is 1.53. The van der Waals surface area contributed by atoms with Gasteiger partial charge in [-0.2, -0.15) is 0 Å². The molecule has 0 fully saturated rings. The highest BCUT2D eigenvalue weighted by Gasteiger charge is 2.10. The van der Waals surface area contributed by atoms with Crippen molar-refractivity contribution >= 4 is 58.3 Å². The van der Waals surface area contributed by atoms with Crippen molar-refractivity contribution in [1.29, 1.82) is 0 Å². The Labute approximate surface area is 189 Å². The highest BCUT2D eigenvalue weighted by atomic mass is 35.5. The van der Waals surface area contributed by atoms with Gasteiger partial charge in [0.25, 0.3) is 5.91 Å². The number of para-hydroxylation sites is 1. The fraction of sp³-hybridized carbons (Fsp3) is 0.0435. The highest BCUT2D eigenvalue weighted by molar-refractivity contribution is 6.39. The molecule has 0 aliphatic heterocycles.